The average molecular weight is 362 g/mol. The van der Waals surface area contributed by atoms with Crippen molar-refractivity contribution in [2.45, 2.75) is 79.6 Å². The van der Waals surface area contributed by atoms with E-state index in [2.05, 4.69) is 19.6 Å². The minimum atomic E-state index is -0.523. The molecule has 0 atom stereocenters. The third kappa shape index (κ3) is 18.1. The van der Waals surface area contributed by atoms with Crippen molar-refractivity contribution in [1.82, 2.24) is 0 Å². The van der Waals surface area contributed by atoms with Gasteiger partial charge in [-0.2, -0.15) is 0 Å². The maximum atomic E-state index is 10.8. The fourth-order valence-corrected chi connectivity index (χ4v) is 1.13. The smallest absolute Gasteiger partial charge is 0.247 e. The van der Waals surface area contributed by atoms with Crippen molar-refractivity contribution < 1.29 is 38.7 Å². The topological polar surface area (TPSA) is 105 Å². The molecule has 0 bridgehead atoms. The van der Waals surface area contributed by atoms with E-state index in [1.54, 1.807) is 13.8 Å². The van der Waals surface area contributed by atoms with Crippen molar-refractivity contribution in [3.8, 4) is 0 Å². The second-order valence-electron chi connectivity index (χ2n) is 5.53. The summed E-state index contributed by atoms with van der Waals surface area (Å²) < 4.78 is 0. The van der Waals surface area contributed by atoms with Gasteiger partial charge in [-0.15, -0.1) is 0 Å². The number of carbonyl (C=O) groups is 4. The maximum absolute atomic E-state index is 10.8. The van der Waals surface area contributed by atoms with Gasteiger partial charge in [0, 0.05) is 12.8 Å². The number of hydrogen-bond donors (Lipinski definition) is 0. The first-order valence-corrected chi connectivity index (χ1v) is 8.59. The summed E-state index contributed by atoms with van der Waals surface area (Å²) in [6, 6.07) is 0. The summed E-state index contributed by atoms with van der Waals surface area (Å²) in [4.78, 5) is 59.9. The summed E-state index contributed by atoms with van der Waals surface area (Å²) in [5.41, 5.74) is 0. The van der Waals surface area contributed by atoms with Crippen LogP contribution >= 0.6 is 0 Å². The first kappa shape index (κ1) is 25.1. The number of hydrogen-bond acceptors (Lipinski definition) is 8. The van der Waals surface area contributed by atoms with Crippen LogP contribution in [0.3, 0.4) is 0 Å². The van der Waals surface area contributed by atoms with Crippen molar-refractivity contribution >= 4 is 23.9 Å². The Morgan fingerprint density at radius 1 is 0.640 bits per heavy atom. The molecule has 0 aliphatic heterocycles. The lowest BCUT2D eigenvalue weighted by Gasteiger charge is -2.04. The van der Waals surface area contributed by atoms with Crippen LogP contribution in [0.2, 0.25) is 0 Å². The van der Waals surface area contributed by atoms with Crippen molar-refractivity contribution in [3.05, 3.63) is 0 Å². The van der Waals surface area contributed by atoms with E-state index in [4.69, 9.17) is 0 Å². The molecular formula is C17H30O8. The van der Waals surface area contributed by atoms with Crippen LogP contribution in [0, 0.1) is 5.92 Å². The molecule has 0 aromatic heterocycles. The zero-order valence-corrected chi connectivity index (χ0v) is 15.8. The molecule has 0 fully saturated rings. The van der Waals surface area contributed by atoms with Crippen LogP contribution in [-0.4, -0.2) is 23.9 Å². The van der Waals surface area contributed by atoms with Crippen LogP contribution in [0.25, 0.3) is 0 Å². The number of unbranched alkanes of at least 4 members (excludes halogenated alkanes) is 1. The molecule has 146 valence electrons. The van der Waals surface area contributed by atoms with E-state index >= 15 is 0 Å². The van der Waals surface area contributed by atoms with Crippen molar-refractivity contribution in [2.24, 2.45) is 5.92 Å². The molecule has 0 N–H and O–H groups in total. The molecule has 8 heteroatoms. The Kier molecular flexibility index (Phi) is 16.8. The highest BCUT2D eigenvalue weighted by Crippen LogP contribution is 2.00. The highest BCUT2D eigenvalue weighted by atomic mass is 17.2. The van der Waals surface area contributed by atoms with Crippen LogP contribution in [0.1, 0.15) is 79.6 Å². The lowest BCUT2D eigenvalue weighted by Crippen LogP contribution is -2.15. The minimum absolute atomic E-state index is 0.277. The normalized spacial score (nSPS) is 9.52. The van der Waals surface area contributed by atoms with Gasteiger partial charge in [0.15, 0.2) is 0 Å². The molecule has 0 aliphatic rings. The summed E-state index contributed by atoms with van der Waals surface area (Å²) in [5.74, 6) is -2.29. The van der Waals surface area contributed by atoms with Gasteiger partial charge < -0.3 is 0 Å². The molecule has 0 rings (SSSR count). The molecule has 0 saturated heterocycles. The molecule has 0 heterocycles. The lowest BCUT2D eigenvalue weighted by atomic mass is 10.2. The van der Waals surface area contributed by atoms with Crippen molar-refractivity contribution in [3.63, 3.8) is 0 Å². The van der Waals surface area contributed by atoms with Crippen molar-refractivity contribution in [1.29, 1.82) is 0 Å². The van der Waals surface area contributed by atoms with Crippen molar-refractivity contribution in [2.75, 3.05) is 0 Å². The highest BCUT2D eigenvalue weighted by molar-refractivity contribution is 5.74. The monoisotopic (exact) mass is 362 g/mol. The second-order valence-corrected chi connectivity index (χ2v) is 5.53. The molecule has 8 nitrogen and oxygen atoms in total. The third-order valence-electron chi connectivity index (χ3n) is 2.56. The molecule has 0 saturated carbocycles. The van der Waals surface area contributed by atoms with Crippen LogP contribution in [-0.2, 0) is 38.7 Å². The molecule has 0 unspecified atom stereocenters. The van der Waals surface area contributed by atoms with E-state index in [1.165, 1.54) is 0 Å². The van der Waals surface area contributed by atoms with Crippen LogP contribution in [0.15, 0.2) is 0 Å². The van der Waals surface area contributed by atoms with Gasteiger partial charge in [0.1, 0.15) is 0 Å². The van der Waals surface area contributed by atoms with E-state index in [9.17, 15) is 19.2 Å². The lowest BCUT2D eigenvalue weighted by molar-refractivity contribution is -0.261. The van der Waals surface area contributed by atoms with E-state index in [0.29, 0.717) is 19.3 Å². The predicted octanol–water partition coefficient (Wildman–Crippen LogP) is 3.42. The Bertz CT molecular complexity index is 385. The van der Waals surface area contributed by atoms with Crippen LogP contribution < -0.4 is 0 Å². The fraction of sp³-hybridized carbons (Fsp3) is 0.765. The Labute approximate surface area is 149 Å². The van der Waals surface area contributed by atoms with Gasteiger partial charge in [-0.3, -0.25) is 0 Å². The molecule has 0 aliphatic carbocycles. The Morgan fingerprint density at radius 3 is 1.40 bits per heavy atom. The molecule has 0 radical (unpaired) electrons. The molecule has 0 spiro atoms. The quantitative estimate of drug-likeness (QED) is 0.478. The summed E-state index contributed by atoms with van der Waals surface area (Å²) in [7, 11) is 0. The first-order valence-electron chi connectivity index (χ1n) is 8.59. The summed E-state index contributed by atoms with van der Waals surface area (Å²) in [5, 5.41) is 0. The fourth-order valence-electron chi connectivity index (χ4n) is 1.13. The average Bonchev–Trinajstić information content (AvgIpc) is 2.57. The van der Waals surface area contributed by atoms with E-state index in [-0.39, 0.29) is 18.8 Å². The largest absolute Gasteiger partial charge is 0.358 e. The van der Waals surface area contributed by atoms with Gasteiger partial charge >= 0.3 is 23.9 Å². The second kappa shape index (κ2) is 16.7. The molecule has 25 heavy (non-hydrogen) atoms. The third-order valence-corrected chi connectivity index (χ3v) is 2.56. The van der Waals surface area contributed by atoms with E-state index < -0.39 is 23.9 Å². The molecule has 0 amide bonds. The Morgan fingerprint density at radius 2 is 1.04 bits per heavy atom. The number of carbonyl (C=O) groups excluding carboxylic acids is 4. The predicted molar refractivity (Wildman–Crippen MR) is 88.5 cm³/mol. The minimum Gasteiger partial charge on any atom is -0.247 e. The number of rotatable bonds is 8. The van der Waals surface area contributed by atoms with E-state index in [0.717, 1.165) is 12.8 Å². The van der Waals surface area contributed by atoms with E-state index in [1.807, 2.05) is 20.8 Å². The summed E-state index contributed by atoms with van der Waals surface area (Å²) in [6.07, 6.45) is 3.88. The highest BCUT2D eigenvalue weighted by Gasteiger charge is 2.12. The molecule has 0 aromatic rings. The Hall–Kier alpha value is -2.12. The van der Waals surface area contributed by atoms with Crippen LogP contribution in [0.5, 0.6) is 0 Å². The van der Waals surface area contributed by atoms with Gasteiger partial charge in [-0.1, -0.05) is 41.0 Å². The van der Waals surface area contributed by atoms with Gasteiger partial charge in [0.05, 0.1) is 12.3 Å². The molecular weight excluding hydrogens is 332 g/mol. The zero-order valence-electron chi connectivity index (χ0n) is 15.8. The summed E-state index contributed by atoms with van der Waals surface area (Å²) in [6.45, 7) is 8.99. The zero-order chi connectivity index (χ0) is 19.7. The van der Waals surface area contributed by atoms with Gasteiger partial charge in [-0.05, 0) is 19.3 Å². The summed E-state index contributed by atoms with van der Waals surface area (Å²) >= 11 is 0. The van der Waals surface area contributed by atoms with Gasteiger partial charge in [-0.25, -0.2) is 38.7 Å². The maximum Gasteiger partial charge on any atom is 0.358 e. The van der Waals surface area contributed by atoms with Gasteiger partial charge in [0.2, 0.25) is 0 Å². The Balaban J connectivity index is 0. The first-order chi connectivity index (χ1) is 11.8. The van der Waals surface area contributed by atoms with Gasteiger partial charge in [0.25, 0.3) is 0 Å². The standard InChI is InChI=1S/C9H16O4.C8H14O4/c1-4-5-6-8(10)12-13-9(11)7(2)3;1-3-5-7(9)11-12-8(10)6-4-2/h7H,4-6H2,1-3H3;3-6H2,1-2H3. The molecule has 0 aromatic carbocycles. The van der Waals surface area contributed by atoms with Crippen LogP contribution in [0.4, 0.5) is 0 Å². The SMILES string of the molecule is CCCC(=O)OOC(=O)CCC.CCCCC(=O)OOC(=O)C(C)C.